The highest BCUT2D eigenvalue weighted by Crippen LogP contribution is 2.23. The van der Waals surface area contributed by atoms with Crippen molar-refractivity contribution < 1.29 is 9.59 Å². The van der Waals surface area contributed by atoms with Gasteiger partial charge in [-0.3, -0.25) is 4.79 Å². The summed E-state index contributed by atoms with van der Waals surface area (Å²) in [6.45, 7) is 0.971. The molecule has 23 heavy (non-hydrogen) atoms. The molecule has 7 heteroatoms. The summed E-state index contributed by atoms with van der Waals surface area (Å²) < 4.78 is 1.06. The molecule has 2 N–H and O–H groups in total. The summed E-state index contributed by atoms with van der Waals surface area (Å²) in [5.74, 6) is 0.0347. The Balaban J connectivity index is 1.62. The molecular weight excluding hydrogens is 378 g/mol. The minimum Gasteiger partial charge on any atom is -0.341 e. The molecule has 3 amide bonds. The van der Waals surface area contributed by atoms with Crippen molar-refractivity contribution in [1.82, 2.24) is 15.5 Å². The van der Waals surface area contributed by atoms with Gasteiger partial charge in [0.1, 0.15) is 0 Å². The first kappa shape index (κ1) is 18.3. The largest absolute Gasteiger partial charge is 0.341 e. The van der Waals surface area contributed by atoms with Crippen LogP contribution in [0, 0.1) is 0 Å². The highest BCUT2D eigenvalue weighted by Gasteiger charge is 2.16. The van der Waals surface area contributed by atoms with E-state index in [0.717, 1.165) is 21.5 Å². The van der Waals surface area contributed by atoms with Gasteiger partial charge in [0, 0.05) is 30.9 Å². The van der Waals surface area contributed by atoms with Crippen LogP contribution in [0.2, 0.25) is 0 Å². The number of hydrogen-bond donors (Lipinski definition) is 2. The van der Waals surface area contributed by atoms with Gasteiger partial charge in [0.15, 0.2) is 0 Å². The van der Waals surface area contributed by atoms with Gasteiger partial charge in [-0.1, -0.05) is 19.3 Å². The fourth-order valence-corrected chi connectivity index (χ4v) is 4.25. The van der Waals surface area contributed by atoms with Gasteiger partial charge in [0.2, 0.25) is 5.91 Å². The van der Waals surface area contributed by atoms with Gasteiger partial charge in [0.05, 0.1) is 10.3 Å². The molecule has 1 saturated carbocycles. The molecule has 5 nitrogen and oxygen atoms in total. The third-order valence-corrected chi connectivity index (χ3v) is 5.62. The first-order valence-corrected chi connectivity index (χ1v) is 9.68. The molecule has 1 heterocycles. The van der Waals surface area contributed by atoms with E-state index in [0.29, 0.717) is 25.6 Å². The smallest absolute Gasteiger partial charge is 0.315 e. The van der Waals surface area contributed by atoms with Crippen molar-refractivity contribution in [2.24, 2.45) is 0 Å². The third-order valence-electron chi connectivity index (χ3n) is 4.01. The van der Waals surface area contributed by atoms with E-state index in [1.165, 1.54) is 19.3 Å². The SMILES string of the molecule is CN(Cc1ccc(Br)s1)C(=O)CCNC(=O)NC1CCCCC1. The van der Waals surface area contributed by atoms with E-state index >= 15 is 0 Å². The molecule has 1 aliphatic rings. The second kappa shape index (κ2) is 9.27. The van der Waals surface area contributed by atoms with Crippen molar-refractivity contribution in [2.75, 3.05) is 13.6 Å². The Morgan fingerprint density at radius 3 is 2.70 bits per heavy atom. The zero-order valence-electron chi connectivity index (χ0n) is 13.4. The number of nitrogens with one attached hydrogen (secondary N) is 2. The van der Waals surface area contributed by atoms with Crippen LogP contribution in [-0.2, 0) is 11.3 Å². The molecule has 0 unspecified atom stereocenters. The number of rotatable bonds is 6. The first-order chi connectivity index (χ1) is 11.0. The molecule has 0 spiro atoms. The van der Waals surface area contributed by atoms with Crippen molar-refractivity contribution in [3.05, 3.63) is 20.8 Å². The third kappa shape index (κ3) is 6.51. The predicted molar refractivity (Wildman–Crippen MR) is 96.5 cm³/mol. The van der Waals surface area contributed by atoms with Gasteiger partial charge in [-0.2, -0.15) is 0 Å². The minimum absolute atomic E-state index is 0.0347. The lowest BCUT2D eigenvalue weighted by atomic mass is 9.96. The molecule has 0 radical (unpaired) electrons. The summed E-state index contributed by atoms with van der Waals surface area (Å²) in [5, 5.41) is 5.77. The van der Waals surface area contributed by atoms with Gasteiger partial charge in [0.25, 0.3) is 0 Å². The van der Waals surface area contributed by atoms with E-state index in [1.54, 1.807) is 23.3 Å². The number of thiophene rings is 1. The Kier molecular flexibility index (Phi) is 7.36. The number of nitrogens with zero attached hydrogens (tertiary/aromatic N) is 1. The fourth-order valence-electron chi connectivity index (χ4n) is 2.72. The quantitative estimate of drug-likeness (QED) is 0.765. The standard InChI is InChI=1S/C16H24BrN3O2S/c1-20(11-13-7-8-14(17)23-13)15(21)9-10-18-16(22)19-12-5-3-2-4-6-12/h7-8,12H,2-6,9-11H2,1H3,(H2,18,19,22). The summed E-state index contributed by atoms with van der Waals surface area (Å²) in [4.78, 5) is 26.7. The number of amides is 3. The van der Waals surface area contributed by atoms with Crippen LogP contribution >= 0.6 is 27.3 Å². The summed E-state index contributed by atoms with van der Waals surface area (Å²) >= 11 is 5.04. The second-order valence-corrected chi connectivity index (χ2v) is 8.49. The van der Waals surface area contributed by atoms with Gasteiger partial charge >= 0.3 is 6.03 Å². The molecule has 1 aromatic heterocycles. The van der Waals surface area contributed by atoms with Crippen LogP contribution in [0.1, 0.15) is 43.4 Å². The molecule has 1 aliphatic carbocycles. The number of halogens is 1. The van der Waals surface area contributed by atoms with Crippen molar-refractivity contribution in [2.45, 2.75) is 51.1 Å². The van der Waals surface area contributed by atoms with Gasteiger partial charge < -0.3 is 15.5 Å². The molecular formula is C16H24BrN3O2S. The number of urea groups is 1. The molecule has 128 valence electrons. The Morgan fingerprint density at radius 1 is 1.30 bits per heavy atom. The van der Waals surface area contributed by atoms with E-state index < -0.39 is 0 Å². The van der Waals surface area contributed by atoms with Crippen LogP contribution in [0.5, 0.6) is 0 Å². The molecule has 0 atom stereocenters. The monoisotopic (exact) mass is 401 g/mol. The molecule has 1 aromatic rings. The van der Waals surface area contributed by atoms with E-state index in [2.05, 4.69) is 26.6 Å². The average molecular weight is 402 g/mol. The number of carbonyl (C=O) groups is 2. The van der Waals surface area contributed by atoms with Gasteiger partial charge in [-0.15, -0.1) is 11.3 Å². The molecule has 0 aliphatic heterocycles. The highest BCUT2D eigenvalue weighted by atomic mass is 79.9. The molecule has 0 aromatic carbocycles. The molecule has 1 fully saturated rings. The second-order valence-electron chi connectivity index (χ2n) is 5.94. The lowest BCUT2D eigenvalue weighted by molar-refractivity contribution is -0.130. The topological polar surface area (TPSA) is 61.4 Å². The average Bonchev–Trinajstić information content (AvgIpc) is 2.93. The summed E-state index contributed by atoms with van der Waals surface area (Å²) in [6, 6.07) is 4.12. The molecule has 0 bridgehead atoms. The van der Waals surface area contributed by atoms with E-state index in [-0.39, 0.29) is 11.9 Å². The maximum absolute atomic E-state index is 12.1. The molecule has 2 rings (SSSR count). The van der Waals surface area contributed by atoms with E-state index in [9.17, 15) is 9.59 Å². The lowest BCUT2D eigenvalue weighted by Crippen LogP contribution is -2.43. The van der Waals surface area contributed by atoms with Gasteiger partial charge in [-0.05, 0) is 40.9 Å². The maximum Gasteiger partial charge on any atom is 0.315 e. The Hall–Kier alpha value is -1.08. The van der Waals surface area contributed by atoms with Crippen molar-refractivity contribution in [3.8, 4) is 0 Å². The summed E-state index contributed by atoms with van der Waals surface area (Å²) in [5.41, 5.74) is 0. The predicted octanol–water partition coefficient (Wildman–Crippen LogP) is 3.49. The number of hydrogen-bond acceptors (Lipinski definition) is 3. The Morgan fingerprint density at radius 2 is 2.04 bits per heavy atom. The van der Waals surface area contributed by atoms with Crippen LogP contribution in [0.25, 0.3) is 0 Å². The Labute approximate surface area is 149 Å². The van der Waals surface area contributed by atoms with Gasteiger partial charge in [-0.25, -0.2) is 4.79 Å². The van der Waals surface area contributed by atoms with Crippen LogP contribution in [-0.4, -0.2) is 36.5 Å². The van der Waals surface area contributed by atoms with Crippen molar-refractivity contribution >= 4 is 39.2 Å². The summed E-state index contributed by atoms with van der Waals surface area (Å²) in [6.07, 6.45) is 6.08. The molecule has 0 saturated heterocycles. The van der Waals surface area contributed by atoms with Crippen LogP contribution in [0.15, 0.2) is 15.9 Å². The van der Waals surface area contributed by atoms with Crippen molar-refractivity contribution in [1.29, 1.82) is 0 Å². The van der Waals surface area contributed by atoms with E-state index in [4.69, 9.17) is 0 Å². The van der Waals surface area contributed by atoms with Crippen molar-refractivity contribution in [3.63, 3.8) is 0 Å². The maximum atomic E-state index is 12.1. The number of carbonyl (C=O) groups excluding carboxylic acids is 2. The van der Waals surface area contributed by atoms with Crippen LogP contribution < -0.4 is 10.6 Å². The van der Waals surface area contributed by atoms with Crippen LogP contribution in [0.4, 0.5) is 4.79 Å². The first-order valence-electron chi connectivity index (χ1n) is 8.07. The highest BCUT2D eigenvalue weighted by molar-refractivity contribution is 9.11. The summed E-state index contributed by atoms with van der Waals surface area (Å²) in [7, 11) is 1.79. The lowest BCUT2D eigenvalue weighted by Gasteiger charge is -2.23. The zero-order chi connectivity index (χ0) is 16.7. The Bertz CT molecular complexity index is 529. The van der Waals surface area contributed by atoms with E-state index in [1.807, 2.05) is 12.1 Å². The fraction of sp³-hybridized carbons (Fsp3) is 0.625. The zero-order valence-corrected chi connectivity index (χ0v) is 15.8. The van der Waals surface area contributed by atoms with Crippen LogP contribution in [0.3, 0.4) is 0 Å². The minimum atomic E-state index is -0.158. The normalized spacial score (nSPS) is 15.2.